The lowest BCUT2D eigenvalue weighted by molar-refractivity contribution is 0.306. The maximum absolute atomic E-state index is 8.73. The lowest BCUT2D eigenvalue weighted by atomic mass is 10.0. The van der Waals surface area contributed by atoms with E-state index >= 15 is 0 Å². The second kappa shape index (κ2) is 12.4. The van der Waals surface area contributed by atoms with Gasteiger partial charge in [-0.1, -0.05) is 13.8 Å². The monoisotopic (exact) mass is 357 g/mol. The van der Waals surface area contributed by atoms with Crippen LogP contribution < -0.4 is 10.6 Å². The van der Waals surface area contributed by atoms with Crippen LogP contribution in [0.1, 0.15) is 40.5 Å². The molecule has 5 heteroatoms. The van der Waals surface area contributed by atoms with Crippen LogP contribution in [-0.2, 0) is 0 Å². The molecule has 0 saturated carbocycles. The highest BCUT2D eigenvalue weighted by Crippen LogP contribution is 2.06. The molecule has 0 heterocycles. The van der Waals surface area contributed by atoms with Gasteiger partial charge in [0.2, 0.25) is 0 Å². The zero-order valence-corrected chi connectivity index (χ0v) is 13.8. The van der Waals surface area contributed by atoms with Crippen LogP contribution in [0.4, 0.5) is 0 Å². The van der Waals surface area contributed by atoms with Crippen molar-refractivity contribution in [2.24, 2.45) is 10.9 Å². The third-order valence-corrected chi connectivity index (χ3v) is 2.27. The Morgan fingerprint density at radius 3 is 2.35 bits per heavy atom. The first-order chi connectivity index (χ1) is 7.60. The smallest absolute Gasteiger partial charge is 0.191 e. The molecule has 0 aromatic carbocycles. The number of nitrogens with one attached hydrogen (secondary N) is 2. The SMILES string of the molecule is CCNC(=NCCO)NC(C)CCC(C)C.I. The average molecular weight is 357 g/mol. The summed E-state index contributed by atoms with van der Waals surface area (Å²) in [6.45, 7) is 10.1. The van der Waals surface area contributed by atoms with Gasteiger partial charge >= 0.3 is 0 Å². The van der Waals surface area contributed by atoms with Gasteiger partial charge in [0.15, 0.2) is 5.96 Å². The molecule has 0 aliphatic carbocycles. The van der Waals surface area contributed by atoms with E-state index in [0.717, 1.165) is 24.8 Å². The summed E-state index contributed by atoms with van der Waals surface area (Å²) >= 11 is 0. The summed E-state index contributed by atoms with van der Waals surface area (Å²) in [6, 6.07) is 0.416. The number of guanidine groups is 1. The average Bonchev–Trinajstić information content (AvgIpc) is 2.23. The van der Waals surface area contributed by atoms with Crippen LogP contribution in [0.3, 0.4) is 0 Å². The quantitative estimate of drug-likeness (QED) is 0.371. The summed E-state index contributed by atoms with van der Waals surface area (Å²) in [5.74, 6) is 1.54. The molecule has 0 aliphatic heterocycles. The Bertz CT molecular complexity index is 198. The molecule has 4 nitrogen and oxygen atoms in total. The second-order valence-corrected chi connectivity index (χ2v) is 4.50. The van der Waals surface area contributed by atoms with E-state index in [1.807, 2.05) is 6.92 Å². The number of nitrogens with zero attached hydrogens (tertiary/aromatic N) is 1. The van der Waals surface area contributed by atoms with Gasteiger partial charge < -0.3 is 15.7 Å². The topological polar surface area (TPSA) is 56.7 Å². The van der Waals surface area contributed by atoms with Gasteiger partial charge in [-0.25, -0.2) is 0 Å². The largest absolute Gasteiger partial charge is 0.394 e. The minimum atomic E-state index is 0. The molecule has 0 bridgehead atoms. The van der Waals surface area contributed by atoms with Gasteiger partial charge in [0, 0.05) is 12.6 Å². The van der Waals surface area contributed by atoms with E-state index < -0.39 is 0 Å². The Balaban J connectivity index is 0. The van der Waals surface area contributed by atoms with Crippen molar-refractivity contribution in [3.05, 3.63) is 0 Å². The number of halogens is 1. The van der Waals surface area contributed by atoms with Crippen LogP contribution in [-0.4, -0.2) is 36.8 Å². The Labute approximate surface area is 123 Å². The fourth-order valence-corrected chi connectivity index (χ4v) is 1.37. The highest BCUT2D eigenvalue weighted by molar-refractivity contribution is 14.0. The molecule has 0 saturated heterocycles. The van der Waals surface area contributed by atoms with Crippen molar-refractivity contribution >= 4 is 29.9 Å². The molecule has 0 amide bonds. The summed E-state index contributed by atoms with van der Waals surface area (Å²) in [6.07, 6.45) is 2.36. The van der Waals surface area contributed by atoms with Crippen molar-refractivity contribution in [2.45, 2.75) is 46.6 Å². The third kappa shape index (κ3) is 12.2. The van der Waals surface area contributed by atoms with Crippen LogP contribution in [0.15, 0.2) is 4.99 Å². The Hall–Kier alpha value is -0.0400. The summed E-state index contributed by atoms with van der Waals surface area (Å²) in [5.41, 5.74) is 0. The lowest BCUT2D eigenvalue weighted by Crippen LogP contribution is -2.42. The predicted octanol–water partition coefficient (Wildman–Crippen LogP) is 1.98. The van der Waals surface area contributed by atoms with E-state index in [2.05, 4.69) is 36.4 Å². The fraction of sp³-hybridized carbons (Fsp3) is 0.917. The predicted molar refractivity (Wildman–Crippen MR) is 85.1 cm³/mol. The molecule has 3 N–H and O–H groups in total. The minimum Gasteiger partial charge on any atom is -0.394 e. The van der Waals surface area contributed by atoms with E-state index in [4.69, 9.17) is 5.11 Å². The molecule has 0 radical (unpaired) electrons. The third-order valence-electron chi connectivity index (χ3n) is 2.27. The zero-order valence-electron chi connectivity index (χ0n) is 11.5. The molecule has 0 aromatic heterocycles. The lowest BCUT2D eigenvalue weighted by Gasteiger charge is -2.18. The van der Waals surface area contributed by atoms with Gasteiger partial charge in [-0.15, -0.1) is 24.0 Å². The summed E-state index contributed by atoms with van der Waals surface area (Å²) < 4.78 is 0. The first kappa shape index (κ1) is 19.3. The van der Waals surface area contributed by atoms with Crippen LogP contribution in [0.5, 0.6) is 0 Å². The van der Waals surface area contributed by atoms with Gasteiger partial charge in [-0.05, 0) is 32.6 Å². The number of rotatable bonds is 7. The minimum absolute atomic E-state index is 0. The zero-order chi connectivity index (χ0) is 12.4. The first-order valence-corrected chi connectivity index (χ1v) is 6.25. The Morgan fingerprint density at radius 1 is 1.24 bits per heavy atom. The van der Waals surface area contributed by atoms with E-state index in [-0.39, 0.29) is 30.6 Å². The summed E-state index contributed by atoms with van der Waals surface area (Å²) in [7, 11) is 0. The highest BCUT2D eigenvalue weighted by atomic mass is 127. The summed E-state index contributed by atoms with van der Waals surface area (Å²) in [4.78, 5) is 4.24. The van der Waals surface area contributed by atoms with E-state index in [1.165, 1.54) is 6.42 Å². The van der Waals surface area contributed by atoms with Crippen molar-refractivity contribution in [1.29, 1.82) is 0 Å². The van der Waals surface area contributed by atoms with Crippen molar-refractivity contribution in [3.8, 4) is 0 Å². The molecule has 0 aromatic rings. The normalized spacial score (nSPS) is 13.2. The number of aliphatic hydroxyl groups excluding tert-OH is 1. The van der Waals surface area contributed by atoms with E-state index in [0.29, 0.717) is 12.6 Å². The van der Waals surface area contributed by atoms with Gasteiger partial charge in [-0.3, -0.25) is 4.99 Å². The maximum atomic E-state index is 8.73. The standard InChI is InChI=1S/C12H27N3O.HI/c1-5-13-12(14-8-9-16)15-11(4)7-6-10(2)3;/h10-11,16H,5-9H2,1-4H3,(H2,13,14,15);1H. The van der Waals surface area contributed by atoms with Crippen molar-refractivity contribution < 1.29 is 5.11 Å². The van der Waals surface area contributed by atoms with Crippen molar-refractivity contribution in [3.63, 3.8) is 0 Å². The molecule has 0 spiro atoms. The molecule has 1 atom stereocenters. The molecule has 0 aliphatic rings. The van der Waals surface area contributed by atoms with Crippen molar-refractivity contribution in [2.75, 3.05) is 19.7 Å². The van der Waals surface area contributed by atoms with Gasteiger partial charge in [0.25, 0.3) is 0 Å². The van der Waals surface area contributed by atoms with Gasteiger partial charge in [0.1, 0.15) is 0 Å². The van der Waals surface area contributed by atoms with Crippen LogP contribution in [0.2, 0.25) is 0 Å². The van der Waals surface area contributed by atoms with Gasteiger partial charge in [0.05, 0.1) is 13.2 Å². The van der Waals surface area contributed by atoms with Gasteiger partial charge in [-0.2, -0.15) is 0 Å². The number of aliphatic hydroxyl groups is 1. The van der Waals surface area contributed by atoms with Crippen LogP contribution >= 0.6 is 24.0 Å². The van der Waals surface area contributed by atoms with E-state index in [9.17, 15) is 0 Å². The number of hydrogen-bond donors (Lipinski definition) is 3. The van der Waals surface area contributed by atoms with Crippen LogP contribution in [0, 0.1) is 5.92 Å². The Morgan fingerprint density at radius 2 is 1.88 bits per heavy atom. The first-order valence-electron chi connectivity index (χ1n) is 6.25. The molecule has 17 heavy (non-hydrogen) atoms. The molecule has 1 unspecified atom stereocenters. The number of hydrogen-bond acceptors (Lipinski definition) is 2. The summed E-state index contributed by atoms with van der Waals surface area (Å²) in [5, 5.41) is 15.2. The molecule has 104 valence electrons. The van der Waals surface area contributed by atoms with Crippen molar-refractivity contribution in [1.82, 2.24) is 10.6 Å². The highest BCUT2D eigenvalue weighted by Gasteiger charge is 2.05. The molecular formula is C12H28IN3O. The number of aliphatic imine (C=N–C) groups is 1. The van der Waals surface area contributed by atoms with E-state index in [1.54, 1.807) is 0 Å². The second-order valence-electron chi connectivity index (χ2n) is 4.50. The maximum Gasteiger partial charge on any atom is 0.191 e. The Kier molecular flexibility index (Phi) is 14.1. The molecule has 0 fully saturated rings. The van der Waals surface area contributed by atoms with Crippen LogP contribution in [0.25, 0.3) is 0 Å². The fourth-order valence-electron chi connectivity index (χ4n) is 1.37. The molecule has 0 rings (SSSR count). The molecular weight excluding hydrogens is 329 g/mol.